The summed E-state index contributed by atoms with van der Waals surface area (Å²) in [6, 6.07) is 6.13. The van der Waals surface area contributed by atoms with Gasteiger partial charge >= 0.3 is 0 Å². The number of ether oxygens (including phenoxy) is 1. The summed E-state index contributed by atoms with van der Waals surface area (Å²) in [6.45, 7) is 4.61. The molecule has 4 heteroatoms. The minimum Gasteiger partial charge on any atom is -0.495 e. The predicted octanol–water partition coefficient (Wildman–Crippen LogP) is 3.49. The van der Waals surface area contributed by atoms with Gasteiger partial charge in [0.15, 0.2) is 0 Å². The Labute approximate surface area is 120 Å². The second kappa shape index (κ2) is 6.49. The van der Waals surface area contributed by atoms with Gasteiger partial charge in [-0.2, -0.15) is 0 Å². The lowest BCUT2D eigenvalue weighted by molar-refractivity contribution is 0.208. The number of halogens is 1. The molecule has 1 aliphatic rings. The molecule has 1 aromatic rings. The molecule has 1 N–H and O–H groups in total. The van der Waals surface area contributed by atoms with Crippen molar-refractivity contribution < 1.29 is 4.74 Å². The molecule has 3 nitrogen and oxygen atoms in total. The van der Waals surface area contributed by atoms with E-state index in [2.05, 4.69) is 24.2 Å². The third kappa shape index (κ3) is 3.77. The minimum absolute atomic E-state index is 0.432. The van der Waals surface area contributed by atoms with Crippen LogP contribution in [0.25, 0.3) is 0 Å². The number of piperidine rings is 1. The van der Waals surface area contributed by atoms with Gasteiger partial charge in [-0.15, -0.1) is 0 Å². The maximum atomic E-state index is 6.06. The molecule has 19 heavy (non-hydrogen) atoms. The molecule has 1 fully saturated rings. The Balaban J connectivity index is 2.02. The van der Waals surface area contributed by atoms with E-state index in [9.17, 15) is 0 Å². The third-order valence-corrected chi connectivity index (χ3v) is 4.25. The van der Waals surface area contributed by atoms with Gasteiger partial charge in [-0.05, 0) is 64.0 Å². The lowest BCUT2D eigenvalue weighted by atomic mass is 9.90. The van der Waals surface area contributed by atoms with E-state index in [0.717, 1.165) is 16.5 Å². The highest BCUT2D eigenvalue weighted by Gasteiger charge is 2.22. The van der Waals surface area contributed by atoms with Gasteiger partial charge in [-0.1, -0.05) is 11.6 Å². The van der Waals surface area contributed by atoms with E-state index in [1.165, 1.54) is 25.9 Å². The first-order valence-electron chi connectivity index (χ1n) is 6.88. The molecule has 2 rings (SSSR count). The maximum absolute atomic E-state index is 6.06. The molecule has 0 aliphatic carbocycles. The highest BCUT2D eigenvalue weighted by Crippen LogP contribution is 2.30. The molecule has 0 bridgehead atoms. The van der Waals surface area contributed by atoms with Crippen molar-refractivity contribution in [2.24, 2.45) is 5.92 Å². The Kier molecular flexibility index (Phi) is 4.94. The van der Waals surface area contributed by atoms with Gasteiger partial charge in [-0.3, -0.25) is 0 Å². The standard InChI is InChI=1S/C15H23ClN2O/c1-11(12-6-8-18(2)9-7-12)17-14-10-13(16)4-5-15(14)19-3/h4-5,10-12,17H,6-9H2,1-3H3. The van der Waals surface area contributed by atoms with Gasteiger partial charge < -0.3 is 15.0 Å². The smallest absolute Gasteiger partial charge is 0.142 e. The van der Waals surface area contributed by atoms with Gasteiger partial charge in [-0.25, -0.2) is 0 Å². The number of rotatable bonds is 4. The van der Waals surface area contributed by atoms with Crippen molar-refractivity contribution in [3.05, 3.63) is 23.2 Å². The number of anilines is 1. The number of hydrogen-bond acceptors (Lipinski definition) is 3. The molecule has 1 aromatic carbocycles. The normalized spacial score (nSPS) is 19.2. The second-order valence-electron chi connectivity index (χ2n) is 5.42. The van der Waals surface area contributed by atoms with Crippen LogP contribution in [0.2, 0.25) is 5.02 Å². The van der Waals surface area contributed by atoms with Crippen molar-refractivity contribution in [2.45, 2.75) is 25.8 Å². The average molecular weight is 283 g/mol. The van der Waals surface area contributed by atoms with Crippen molar-refractivity contribution >= 4 is 17.3 Å². The average Bonchev–Trinajstić information content (AvgIpc) is 2.39. The van der Waals surface area contributed by atoms with E-state index >= 15 is 0 Å². The van der Waals surface area contributed by atoms with Crippen LogP contribution in [0.4, 0.5) is 5.69 Å². The highest BCUT2D eigenvalue weighted by atomic mass is 35.5. The number of benzene rings is 1. The summed E-state index contributed by atoms with van der Waals surface area (Å²) < 4.78 is 5.38. The largest absolute Gasteiger partial charge is 0.495 e. The van der Waals surface area contributed by atoms with Crippen LogP contribution >= 0.6 is 11.6 Å². The van der Waals surface area contributed by atoms with Crippen molar-refractivity contribution in [3.63, 3.8) is 0 Å². The van der Waals surface area contributed by atoms with Crippen LogP contribution in [-0.2, 0) is 0 Å². The van der Waals surface area contributed by atoms with Crippen LogP contribution in [-0.4, -0.2) is 38.2 Å². The van der Waals surface area contributed by atoms with Crippen LogP contribution in [0.3, 0.4) is 0 Å². The molecule has 0 radical (unpaired) electrons. The number of likely N-dealkylation sites (tertiary alicyclic amines) is 1. The summed E-state index contributed by atoms with van der Waals surface area (Å²) >= 11 is 6.06. The van der Waals surface area contributed by atoms with Crippen LogP contribution in [0.5, 0.6) is 5.75 Å². The van der Waals surface area contributed by atoms with E-state index in [4.69, 9.17) is 16.3 Å². The van der Waals surface area contributed by atoms with E-state index in [0.29, 0.717) is 12.0 Å². The lowest BCUT2D eigenvalue weighted by Crippen LogP contribution is -2.37. The number of methoxy groups -OCH3 is 1. The first-order chi connectivity index (χ1) is 9.10. The molecular formula is C15H23ClN2O. The van der Waals surface area contributed by atoms with Crippen LogP contribution in [0.1, 0.15) is 19.8 Å². The zero-order chi connectivity index (χ0) is 13.8. The molecule has 0 spiro atoms. The van der Waals surface area contributed by atoms with Crippen molar-refractivity contribution in [1.29, 1.82) is 0 Å². The summed E-state index contributed by atoms with van der Waals surface area (Å²) in [5.41, 5.74) is 0.987. The second-order valence-corrected chi connectivity index (χ2v) is 5.85. The van der Waals surface area contributed by atoms with E-state index in [1.54, 1.807) is 7.11 Å². The molecule has 106 valence electrons. The summed E-state index contributed by atoms with van der Waals surface area (Å²) in [4.78, 5) is 2.39. The summed E-state index contributed by atoms with van der Waals surface area (Å²) in [5.74, 6) is 1.56. The maximum Gasteiger partial charge on any atom is 0.142 e. The monoisotopic (exact) mass is 282 g/mol. The first-order valence-corrected chi connectivity index (χ1v) is 7.26. The van der Waals surface area contributed by atoms with Gasteiger partial charge in [0.25, 0.3) is 0 Å². The number of hydrogen-bond donors (Lipinski definition) is 1. The summed E-state index contributed by atoms with van der Waals surface area (Å²) in [7, 11) is 3.88. The fourth-order valence-electron chi connectivity index (χ4n) is 2.68. The molecule has 1 atom stereocenters. The quantitative estimate of drug-likeness (QED) is 0.915. The number of nitrogens with one attached hydrogen (secondary N) is 1. The summed E-state index contributed by atoms with van der Waals surface area (Å²) in [6.07, 6.45) is 2.49. The Morgan fingerprint density at radius 1 is 1.37 bits per heavy atom. The summed E-state index contributed by atoms with van der Waals surface area (Å²) in [5, 5.41) is 4.29. The van der Waals surface area contributed by atoms with Crippen LogP contribution in [0.15, 0.2) is 18.2 Å². The topological polar surface area (TPSA) is 24.5 Å². The molecule has 1 heterocycles. The fraction of sp³-hybridized carbons (Fsp3) is 0.600. The third-order valence-electron chi connectivity index (χ3n) is 4.02. The Bertz CT molecular complexity index is 417. The molecular weight excluding hydrogens is 260 g/mol. The number of nitrogens with zero attached hydrogens (tertiary/aromatic N) is 1. The predicted molar refractivity (Wildman–Crippen MR) is 81.3 cm³/mol. The molecule has 1 saturated heterocycles. The van der Waals surface area contributed by atoms with Gasteiger partial charge in [0.2, 0.25) is 0 Å². The Morgan fingerprint density at radius 2 is 2.05 bits per heavy atom. The van der Waals surface area contributed by atoms with Crippen molar-refractivity contribution in [2.75, 3.05) is 32.6 Å². The van der Waals surface area contributed by atoms with E-state index < -0.39 is 0 Å². The van der Waals surface area contributed by atoms with Gasteiger partial charge in [0.1, 0.15) is 5.75 Å². The van der Waals surface area contributed by atoms with Gasteiger partial charge in [0.05, 0.1) is 12.8 Å². The lowest BCUT2D eigenvalue weighted by Gasteiger charge is -2.33. The van der Waals surface area contributed by atoms with Crippen LogP contribution in [0, 0.1) is 5.92 Å². The molecule has 0 amide bonds. The minimum atomic E-state index is 0.432. The van der Waals surface area contributed by atoms with Crippen molar-refractivity contribution in [1.82, 2.24) is 4.90 Å². The molecule has 1 unspecified atom stereocenters. The Hall–Kier alpha value is -0.930. The van der Waals surface area contributed by atoms with Crippen molar-refractivity contribution in [3.8, 4) is 5.75 Å². The SMILES string of the molecule is COc1ccc(Cl)cc1NC(C)C1CCN(C)CC1. The fourth-order valence-corrected chi connectivity index (χ4v) is 2.86. The van der Waals surface area contributed by atoms with Crippen LogP contribution < -0.4 is 10.1 Å². The Morgan fingerprint density at radius 3 is 2.68 bits per heavy atom. The molecule has 0 aromatic heterocycles. The molecule has 1 aliphatic heterocycles. The van der Waals surface area contributed by atoms with E-state index in [-0.39, 0.29) is 0 Å². The van der Waals surface area contributed by atoms with Gasteiger partial charge in [0, 0.05) is 11.1 Å². The highest BCUT2D eigenvalue weighted by molar-refractivity contribution is 6.30. The molecule has 0 saturated carbocycles. The zero-order valence-electron chi connectivity index (χ0n) is 11.9. The van der Waals surface area contributed by atoms with E-state index in [1.807, 2.05) is 18.2 Å². The zero-order valence-corrected chi connectivity index (χ0v) is 12.7. The first kappa shape index (κ1) is 14.5.